The zero-order chi connectivity index (χ0) is 18.7. The van der Waals surface area contributed by atoms with Crippen LogP contribution in [-0.4, -0.2) is 19.1 Å². The minimum Gasteiger partial charge on any atom is -0.493 e. The average molecular weight is 360 g/mol. The highest BCUT2D eigenvalue weighted by atomic mass is 16.5. The number of nitrogens with one attached hydrogen (secondary N) is 2. The lowest BCUT2D eigenvalue weighted by atomic mass is 10.2. The average Bonchev–Trinajstić information content (AvgIpc) is 2.71. The van der Waals surface area contributed by atoms with Crippen molar-refractivity contribution in [2.45, 2.75) is 13.0 Å². The molecule has 3 aromatic carbocycles. The van der Waals surface area contributed by atoms with Crippen LogP contribution < -0.4 is 15.4 Å². The molecule has 0 radical (unpaired) electrons. The normalized spacial score (nSPS) is 10.4. The van der Waals surface area contributed by atoms with Gasteiger partial charge in [0.15, 0.2) is 0 Å². The summed E-state index contributed by atoms with van der Waals surface area (Å²) in [6.45, 7) is 1.56. The molecular weight excluding hydrogens is 336 g/mol. The Morgan fingerprint density at radius 1 is 0.778 bits per heavy atom. The van der Waals surface area contributed by atoms with E-state index < -0.39 is 0 Å². The summed E-state index contributed by atoms with van der Waals surface area (Å²) < 4.78 is 5.76. The van der Waals surface area contributed by atoms with Crippen molar-refractivity contribution in [1.29, 1.82) is 0 Å². The molecule has 4 heteroatoms. The number of hydrogen-bond acceptors (Lipinski definition) is 3. The molecule has 0 unspecified atom stereocenters. The van der Waals surface area contributed by atoms with Crippen molar-refractivity contribution in [2.75, 3.05) is 18.5 Å². The van der Waals surface area contributed by atoms with Gasteiger partial charge in [-0.25, -0.2) is 0 Å². The highest BCUT2D eigenvalue weighted by Gasteiger charge is 2.03. The van der Waals surface area contributed by atoms with E-state index in [4.69, 9.17) is 4.74 Å². The molecule has 0 saturated heterocycles. The Morgan fingerprint density at radius 3 is 2.07 bits per heavy atom. The highest BCUT2D eigenvalue weighted by molar-refractivity contribution is 5.92. The molecular formula is C23H24N2O2. The van der Waals surface area contributed by atoms with Crippen LogP contribution >= 0.6 is 0 Å². The number of ether oxygens (including phenoxy) is 1. The quantitative estimate of drug-likeness (QED) is 0.606. The van der Waals surface area contributed by atoms with E-state index in [9.17, 15) is 4.79 Å². The Bertz CT molecular complexity index is 818. The van der Waals surface area contributed by atoms with E-state index in [1.165, 1.54) is 5.56 Å². The van der Waals surface area contributed by atoms with Gasteiger partial charge in [0.1, 0.15) is 5.75 Å². The third-order valence-corrected chi connectivity index (χ3v) is 4.10. The van der Waals surface area contributed by atoms with Crippen LogP contribution in [0.5, 0.6) is 5.75 Å². The lowest BCUT2D eigenvalue weighted by molar-refractivity contribution is -0.115. The van der Waals surface area contributed by atoms with E-state index in [1.807, 2.05) is 72.8 Å². The number of rotatable bonds is 9. The van der Waals surface area contributed by atoms with Crippen molar-refractivity contribution in [3.63, 3.8) is 0 Å². The van der Waals surface area contributed by atoms with Crippen LogP contribution in [0.2, 0.25) is 0 Å². The first-order chi connectivity index (χ1) is 13.3. The van der Waals surface area contributed by atoms with E-state index in [-0.39, 0.29) is 12.5 Å². The molecule has 3 rings (SSSR count). The van der Waals surface area contributed by atoms with E-state index >= 15 is 0 Å². The lowest BCUT2D eigenvalue weighted by Gasteiger charge is -2.09. The van der Waals surface area contributed by atoms with Crippen LogP contribution in [-0.2, 0) is 17.8 Å². The van der Waals surface area contributed by atoms with E-state index in [0.29, 0.717) is 13.2 Å². The van der Waals surface area contributed by atoms with Crippen molar-refractivity contribution in [3.05, 3.63) is 96.1 Å². The Morgan fingerprint density at radius 2 is 1.41 bits per heavy atom. The van der Waals surface area contributed by atoms with Gasteiger partial charge < -0.3 is 15.4 Å². The lowest BCUT2D eigenvalue weighted by Crippen LogP contribution is -2.27. The second-order valence-electron chi connectivity index (χ2n) is 6.25. The smallest absolute Gasteiger partial charge is 0.238 e. The van der Waals surface area contributed by atoms with Crippen molar-refractivity contribution >= 4 is 11.6 Å². The van der Waals surface area contributed by atoms with Gasteiger partial charge in [0, 0.05) is 18.7 Å². The second kappa shape index (κ2) is 10.1. The number of carbonyl (C=O) groups excluding carboxylic acids is 1. The summed E-state index contributed by atoms with van der Waals surface area (Å²) in [4.78, 5) is 12.0. The third-order valence-electron chi connectivity index (χ3n) is 4.10. The van der Waals surface area contributed by atoms with Gasteiger partial charge in [-0.05, 0) is 35.4 Å². The minimum absolute atomic E-state index is 0.0660. The first-order valence-corrected chi connectivity index (χ1v) is 9.11. The molecule has 0 spiro atoms. The minimum atomic E-state index is -0.0660. The molecule has 0 aromatic heterocycles. The Kier molecular flexibility index (Phi) is 7.01. The fourth-order valence-electron chi connectivity index (χ4n) is 2.69. The molecule has 1 amide bonds. The van der Waals surface area contributed by atoms with Crippen LogP contribution in [0, 0.1) is 0 Å². The standard InChI is InChI=1S/C23H24N2O2/c26-23(18-24-17-20-9-5-2-6-10-20)25-21-11-13-22(14-12-21)27-16-15-19-7-3-1-4-8-19/h1-14,24H,15-18H2,(H,25,26). The van der Waals surface area contributed by atoms with Gasteiger partial charge in [0.25, 0.3) is 0 Å². The maximum atomic E-state index is 12.0. The summed E-state index contributed by atoms with van der Waals surface area (Å²) >= 11 is 0. The summed E-state index contributed by atoms with van der Waals surface area (Å²) in [5.74, 6) is 0.731. The monoisotopic (exact) mass is 360 g/mol. The van der Waals surface area contributed by atoms with Crippen LogP contribution in [0.1, 0.15) is 11.1 Å². The second-order valence-corrected chi connectivity index (χ2v) is 6.25. The predicted molar refractivity (Wildman–Crippen MR) is 109 cm³/mol. The number of anilines is 1. The summed E-state index contributed by atoms with van der Waals surface area (Å²) in [6.07, 6.45) is 0.867. The SMILES string of the molecule is O=C(CNCc1ccccc1)Nc1ccc(OCCc2ccccc2)cc1. The van der Waals surface area contributed by atoms with Crippen molar-refractivity contribution < 1.29 is 9.53 Å². The van der Waals surface area contributed by atoms with Gasteiger partial charge in [0.2, 0.25) is 5.91 Å². The number of amides is 1. The molecule has 0 atom stereocenters. The molecule has 0 aliphatic heterocycles. The first-order valence-electron chi connectivity index (χ1n) is 9.11. The zero-order valence-corrected chi connectivity index (χ0v) is 15.2. The van der Waals surface area contributed by atoms with Gasteiger partial charge in [-0.15, -0.1) is 0 Å². The molecule has 0 saturated carbocycles. The molecule has 3 aromatic rings. The maximum Gasteiger partial charge on any atom is 0.238 e. The van der Waals surface area contributed by atoms with Crippen molar-refractivity contribution in [3.8, 4) is 5.75 Å². The molecule has 0 bridgehead atoms. The van der Waals surface area contributed by atoms with E-state index in [1.54, 1.807) is 0 Å². The predicted octanol–water partition coefficient (Wildman–Crippen LogP) is 4.04. The van der Waals surface area contributed by atoms with Crippen LogP contribution in [0.15, 0.2) is 84.9 Å². The summed E-state index contributed by atoms with van der Waals surface area (Å²) in [5, 5.41) is 6.02. The van der Waals surface area contributed by atoms with Gasteiger partial charge >= 0.3 is 0 Å². The van der Waals surface area contributed by atoms with Gasteiger partial charge in [-0.2, -0.15) is 0 Å². The van der Waals surface area contributed by atoms with Gasteiger partial charge in [-0.1, -0.05) is 60.7 Å². The summed E-state index contributed by atoms with van der Waals surface area (Å²) in [5.41, 5.74) is 3.17. The molecule has 0 heterocycles. The molecule has 138 valence electrons. The topological polar surface area (TPSA) is 50.4 Å². The Labute approximate surface area is 160 Å². The maximum absolute atomic E-state index is 12.0. The Hall–Kier alpha value is -3.11. The van der Waals surface area contributed by atoms with E-state index in [0.717, 1.165) is 23.4 Å². The molecule has 4 nitrogen and oxygen atoms in total. The molecule has 27 heavy (non-hydrogen) atoms. The summed E-state index contributed by atoms with van der Waals surface area (Å²) in [7, 11) is 0. The molecule has 0 aliphatic rings. The summed E-state index contributed by atoms with van der Waals surface area (Å²) in [6, 6.07) is 27.7. The van der Waals surface area contributed by atoms with E-state index in [2.05, 4.69) is 22.8 Å². The first kappa shape index (κ1) is 18.7. The Balaban J connectivity index is 1.37. The largest absolute Gasteiger partial charge is 0.493 e. The number of carbonyl (C=O) groups is 1. The fourth-order valence-corrected chi connectivity index (χ4v) is 2.69. The van der Waals surface area contributed by atoms with Crippen molar-refractivity contribution in [2.24, 2.45) is 0 Å². The number of benzene rings is 3. The zero-order valence-electron chi connectivity index (χ0n) is 15.2. The molecule has 0 aliphatic carbocycles. The van der Waals surface area contributed by atoms with Crippen molar-refractivity contribution in [1.82, 2.24) is 5.32 Å². The van der Waals surface area contributed by atoms with Gasteiger partial charge in [0.05, 0.1) is 13.2 Å². The highest BCUT2D eigenvalue weighted by Crippen LogP contribution is 2.16. The fraction of sp³-hybridized carbons (Fsp3) is 0.174. The number of hydrogen-bond donors (Lipinski definition) is 2. The van der Waals surface area contributed by atoms with Crippen LogP contribution in [0.4, 0.5) is 5.69 Å². The third kappa shape index (κ3) is 6.60. The van der Waals surface area contributed by atoms with Gasteiger partial charge in [-0.3, -0.25) is 4.79 Å². The molecule has 0 fully saturated rings. The van der Waals surface area contributed by atoms with Crippen LogP contribution in [0.3, 0.4) is 0 Å². The molecule has 2 N–H and O–H groups in total. The van der Waals surface area contributed by atoms with Crippen LogP contribution in [0.25, 0.3) is 0 Å².